The van der Waals surface area contributed by atoms with E-state index in [9.17, 15) is 18.0 Å². The lowest BCUT2D eigenvalue weighted by Crippen LogP contribution is -2.58. The fourth-order valence-electron chi connectivity index (χ4n) is 1.77. The lowest BCUT2D eigenvalue weighted by Gasteiger charge is -2.26. The molecule has 9 heteroatoms. The number of nitrogens with two attached hydrogens (primary N) is 1. The van der Waals surface area contributed by atoms with Crippen LogP contribution in [0.4, 0.5) is 0 Å². The third kappa shape index (κ3) is 4.27. The maximum Gasteiger partial charge on any atom is 0.252 e. The molecule has 0 saturated carbocycles. The van der Waals surface area contributed by atoms with E-state index in [1.165, 1.54) is 52.4 Å². The average Bonchev–Trinajstić information content (AvgIpc) is 2.47. The summed E-state index contributed by atoms with van der Waals surface area (Å²) in [6.07, 6.45) is 0. The molecule has 128 valence electrons. The molecule has 1 aromatic carbocycles. The molecule has 0 spiro atoms. The maximum absolute atomic E-state index is 12.2. The predicted molar refractivity (Wildman–Crippen MR) is 84.3 cm³/mol. The van der Waals surface area contributed by atoms with Gasteiger partial charge in [-0.2, -0.15) is 0 Å². The number of hydrogen-bond acceptors (Lipinski definition) is 5. The smallest absolute Gasteiger partial charge is 0.252 e. The van der Waals surface area contributed by atoms with Gasteiger partial charge < -0.3 is 15.8 Å². The summed E-state index contributed by atoms with van der Waals surface area (Å²) in [5.41, 5.74) is 4.12. The number of nitrogens with one attached hydrogen (secondary N) is 1. The molecule has 3 N–H and O–H groups in total. The van der Waals surface area contributed by atoms with Gasteiger partial charge in [-0.05, 0) is 31.2 Å². The van der Waals surface area contributed by atoms with E-state index in [2.05, 4.69) is 5.32 Å². The van der Waals surface area contributed by atoms with Crippen LogP contribution >= 0.6 is 0 Å². The summed E-state index contributed by atoms with van der Waals surface area (Å²) in [6, 6.07) is 5.37. The van der Waals surface area contributed by atoms with Crippen LogP contribution in [0.3, 0.4) is 0 Å². The first kappa shape index (κ1) is 19.1. The van der Waals surface area contributed by atoms with Gasteiger partial charge in [-0.15, -0.1) is 0 Å². The zero-order valence-corrected chi connectivity index (χ0v) is 14.3. The Labute approximate surface area is 135 Å². The fourth-order valence-corrected chi connectivity index (χ4v) is 2.67. The number of carbonyl (C=O) groups excluding carboxylic acids is 2. The van der Waals surface area contributed by atoms with Crippen molar-refractivity contribution in [1.29, 1.82) is 0 Å². The fraction of sp³-hybridized carbons (Fsp3) is 0.429. The van der Waals surface area contributed by atoms with Crippen LogP contribution in [0.25, 0.3) is 0 Å². The highest BCUT2D eigenvalue weighted by atomic mass is 32.2. The molecule has 0 saturated heterocycles. The predicted octanol–water partition coefficient (Wildman–Crippen LogP) is -0.443. The van der Waals surface area contributed by atoms with Gasteiger partial charge >= 0.3 is 0 Å². The van der Waals surface area contributed by atoms with E-state index in [-0.39, 0.29) is 17.1 Å². The first-order chi connectivity index (χ1) is 10.5. The largest absolute Gasteiger partial charge is 0.382 e. The maximum atomic E-state index is 12.2. The number of methoxy groups -OCH3 is 1. The van der Waals surface area contributed by atoms with E-state index in [0.29, 0.717) is 0 Å². The highest BCUT2D eigenvalue weighted by molar-refractivity contribution is 7.89. The molecule has 0 aromatic heterocycles. The van der Waals surface area contributed by atoms with Gasteiger partial charge in [-0.25, -0.2) is 12.7 Å². The first-order valence-electron chi connectivity index (χ1n) is 6.68. The van der Waals surface area contributed by atoms with E-state index >= 15 is 0 Å². The van der Waals surface area contributed by atoms with Gasteiger partial charge in [0.25, 0.3) is 5.91 Å². The molecular formula is C14H21N3O5S. The molecule has 23 heavy (non-hydrogen) atoms. The lowest BCUT2D eigenvalue weighted by atomic mass is 10.0. The molecule has 0 bridgehead atoms. The summed E-state index contributed by atoms with van der Waals surface area (Å²) < 4.78 is 29.9. The summed E-state index contributed by atoms with van der Waals surface area (Å²) in [7, 11) is 0.646. The highest BCUT2D eigenvalue weighted by Crippen LogP contribution is 2.15. The number of primary amides is 1. The van der Waals surface area contributed by atoms with Crippen molar-refractivity contribution >= 4 is 21.8 Å². The molecule has 1 atom stereocenters. The minimum absolute atomic E-state index is 0.0635. The van der Waals surface area contributed by atoms with Crippen LogP contribution in [-0.4, -0.2) is 57.9 Å². The summed E-state index contributed by atoms with van der Waals surface area (Å²) in [4.78, 5) is 23.7. The number of benzene rings is 1. The SMILES string of the molecule is COC[C@@](C)(NC(=O)c1ccc(S(=O)(=O)N(C)C)cc1)C(N)=O. The molecule has 1 aromatic rings. The Bertz CT molecular complexity index is 685. The lowest BCUT2D eigenvalue weighted by molar-refractivity contribution is -0.125. The Kier molecular flexibility index (Phi) is 5.86. The van der Waals surface area contributed by atoms with Gasteiger partial charge in [0.1, 0.15) is 5.54 Å². The van der Waals surface area contributed by atoms with E-state index in [4.69, 9.17) is 10.5 Å². The molecule has 0 fully saturated rings. The standard InChI is InChI=1S/C14H21N3O5S/c1-14(9-22-4,13(15)19)16-12(18)10-5-7-11(8-6-10)23(20,21)17(2)3/h5-8H,9H2,1-4H3,(H2,15,19)(H,16,18)/t14-/m1/s1. The molecule has 0 heterocycles. The van der Waals surface area contributed by atoms with E-state index in [1.54, 1.807) is 0 Å². The second-order valence-electron chi connectivity index (χ2n) is 5.40. The van der Waals surface area contributed by atoms with Gasteiger partial charge in [-0.1, -0.05) is 0 Å². The number of rotatable bonds is 7. The van der Waals surface area contributed by atoms with E-state index in [1.807, 2.05) is 0 Å². The third-order valence-electron chi connectivity index (χ3n) is 3.26. The molecule has 0 aliphatic carbocycles. The van der Waals surface area contributed by atoms with E-state index < -0.39 is 27.4 Å². The van der Waals surface area contributed by atoms with Crippen molar-refractivity contribution in [1.82, 2.24) is 9.62 Å². The van der Waals surface area contributed by atoms with Crippen molar-refractivity contribution in [2.75, 3.05) is 27.8 Å². The van der Waals surface area contributed by atoms with E-state index in [0.717, 1.165) is 4.31 Å². The normalized spacial score (nSPS) is 14.3. The van der Waals surface area contributed by atoms with Gasteiger partial charge in [0.05, 0.1) is 11.5 Å². The Balaban J connectivity index is 3.01. The number of carbonyl (C=O) groups is 2. The second-order valence-corrected chi connectivity index (χ2v) is 7.55. The molecule has 1 rings (SSSR count). The van der Waals surface area contributed by atoms with Crippen LogP contribution in [0, 0.1) is 0 Å². The van der Waals surface area contributed by atoms with Crippen LogP contribution < -0.4 is 11.1 Å². The third-order valence-corrected chi connectivity index (χ3v) is 5.09. The van der Waals surface area contributed by atoms with Gasteiger partial charge in [0, 0.05) is 26.8 Å². The Morgan fingerprint density at radius 3 is 2.17 bits per heavy atom. The second kappa shape index (κ2) is 7.07. The zero-order valence-electron chi connectivity index (χ0n) is 13.5. The molecule has 0 aliphatic rings. The monoisotopic (exact) mass is 343 g/mol. The average molecular weight is 343 g/mol. The zero-order chi connectivity index (χ0) is 17.8. The van der Waals surface area contributed by atoms with Crippen molar-refractivity contribution in [3.05, 3.63) is 29.8 Å². The quantitative estimate of drug-likeness (QED) is 0.695. The topological polar surface area (TPSA) is 119 Å². The number of amides is 2. The van der Waals surface area contributed by atoms with Gasteiger partial charge in [-0.3, -0.25) is 9.59 Å². The van der Waals surface area contributed by atoms with Crippen LogP contribution in [0.15, 0.2) is 29.2 Å². The minimum atomic E-state index is -3.57. The molecule has 8 nitrogen and oxygen atoms in total. The Morgan fingerprint density at radius 1 is 1.26 bits per heavy atom. The van der Waals surface area contributed by atoms with Crippen molar-refractivity contribution in [2.24, 2.45) is 5.73 Å². The molecule has 0 aliphatic heterocycles. The first-order valence-corrected chi connectivity index (χ1v) is 8.12. The number of hydrogen-bond donors (Lipinski definition) is 2. The van der Waals surface area contributed by atoms with Crippen LogP contribution in [0.2, 0.25) is 0 Å². The van der Waals surface area contributed by atoms with Crippen molar-refractivity contribution in [3.8, 4) is 0 Å². The molecule has 0 unspecified atom stereocenters. The van der Waals surface area contributed by atoms with Crippen molar-refractivity contribution in [2.45, 2.75) is 17.4 Å². The van der Waals surface area contributed by atoms with Crippen molar-refractivity contribution in [3.63, 3.8) is 0 Å². The molecule has 2 amide bonds. The number of nitrogens with zero attached hydrogens (tertiary/aromatic N) is 1. The number of sulfonamides is 1. The molecular weight excluding hydrogens is 322 g/mol. The minimum Gasteiger partial charge on any atom is -0.382 e. The summed E-state index contributed by atoms with van der Waals surface area (Å²) in [5, 5.41) is 2.49. The summed E-state index contributed by atoms with van der Waals surface area (Å²) in [5.74, 6) is -1.29. The summed E-state index contributed by atoms with van der Waals surface area (Å²) in [6.45, 7) is 1.36. The molecule has 0 radical (unpaired) electrons. The van der Waals surface area contributed by atoms with Crippen LogP contribution in [0.1, 0.15) is 17.3 Å². The highest BCUT2D eigenvalue weighted by Gasteiger charge is 2.33. The number of ether oxygens (including phenoxy) is 1. The van der Waals surface area contributed by atoms with Crippen molar-refractivity contribution < 1.29 is 22.7 Å². The Morgan fingerprint density at radius 2 is 1.78 bits per heavy atom. The van der Waals surface area contributed by atoms with Crippen LogP contribution in [-0.2, 0) is 19.6 Å². The summed E-state index contributed by atoms with van der Waals surface area (Å²) >= 11 is 0. The van der Waals surface area contributed by atoms with Gasteiger partial charge in [0.2, 0.25) is 15.9 Å². The van der Waals surface area contributed by atoms with Crippen LogP contribution in [0.5, 0.6) is 0 Å². The Hall–Kier alpha value is -1.97. The van der Waals surface area contributed by atoms with Gasteiger partial charge in [0.15, 0.2) is 0 Å².